The number of benzene rings is 2. The molecular weight excluding hydrogens is 483 g/mol. The lowest BCUT2D eigenvalue weighted by Crippen LogP contribution is -2.41. The van der Waals surface area contributed by atoms with Crippen molar-refractivity contribution in [2.45, 2.75) is 56.2 Å². The summed E-state index contributed by atoms with van der Waals surface area (Å²) in [6.45, 7) is 1.94. The molecule has 1 saturated heterocycles. The first-order chi connectivity index (χ1) is 18.5. The summed E-state index contributed by atoms with van der Waals surface area (Å²) in [5.41, 5.74) is 3.95. The highest BCUT2D eigenvalue weighted by Crippen LogP contribution is 2.50. The van der Waals surface area contributed by atoms with Gasteiger partial charge in [-0.05, 0) is 75.4 Å². The molecule has 2 aromatic carbocycles. The summed E-state index contributed by atoms with van der Waals surface area (Å²) >= 11 is 0. The van der Waals surface area contributed by atoms with Crippen molar-refractivity contribution in [3.8, 4) is 17.0 Å². The summed E-state index contributed by atoms with van der Waals surface area (Å²) in [5, 5.41) is 9.74. The Labute approximate surface area is 221 Å². The zero-order chi connectivity index (χ0) is 25.9. The van der Waals surface area contributed by atoms with Crippen LogP contribution < -0.4 is 25.6 Å². The molecule has 9 heteroatoms. The van der Waals surface area contributed by atoms with Gasteiger partial charge in [0.2, 0.25) is 5.95 Å². The van der Waals surface area contributed by atoms with Gasteiger partial charge in [0.25, 0.3) is 5.91 Å². The van der Waals surface area contributed by atoms with Crippen LogP contribution in [-0.2, 0) is 5.54 Å². The number of nitrogens with one attached hydrogen (secondary N) is 3. The van der Waals surface area contributed by atoms with E-state index in [0.29, 0.717) is 17.2 Å². The zero-order valence-corrected chi connectivity index (χ0v) is 21.4. The maximum Gasteiger partial charge on any atom is 0.252 e. The van der Waals surface area contributed by atoms with E-state index in [1.807, 2.05) is 25.2 Å². The number of carbonyl (C=O) groups is 1. The highest BCUT2D eigenvalue weighted by Gasteiger charge is 2.52. The zero-order valence-electron chi connectivity index (χ0n) is 21.4. The molecule has 2 aliphatic carbocycles. The highest BCUT2D eigenvalue weighted by molar-refractivity contribution is 6.01. The molecule has 0 atom stereocenters. The van der Waals surface area contributed by atoms with Gasteiger partial charge in [-0.1, -0.05) is 12.1 Å². The third-order valence-electron chi connectivity index (χ3n) is 8.20. The molecule has 38 heavy (non-hydrogen) atoms. The minimum atomic E-state index is -0.536. The largest absolute Gasteiger partial charge is 0.488 e. The van der Waals surface area contributed by atoms with Gasteiger partial charge in [0.1, 0.15) is 11.4 Å². The first-order valence-electron chi connectivity index (χ1n) is 13.5. The van der Waals surface area contributed by atoms with E-state index in [-0.39, 0.29) is 29.2 Å². The molecule has 196 valence electrons. The first kappa shape index (κ1) is 23.4. The van der Waals surface area contributed by atoms with Crippen LogP contribution in [0.2, 0.25) is 0 Å². The molecule has 1 aromatic heterocycles. The maximum absolute atomic E-state index is 14.9. The fraction of sp³-hybridized carbons (Fsp3) is 0.414. The predicted octanol–water partition coefficient (Wildman–Crippen LogP) is 4.49. The molecule has 3 heterocycles. The second-order valence-corrected chi connectivity index (χ2v) is 10.9. The molecule has 1 amide bonds. The molecule has 3 fully saturated rings. The Kier molecular flexibility index (Phi) is 5.51. The molecular formula is C29H31FN6O2. The van der Waals surface area contributed by atoms with Crippen molar-refractivity contribution < 1.29 is 13.9 Å². The minimum absolute atomic E-state index is 0.107. The van der Waals surface area contributed by atoms with Crippen LogP contribution in [0.25, 0.3) is 11.3 Å². The van der Waals surface area contributed by atoms with E-state index >= 15 is 0 Å². The molecule has 2 aliphatic heterocycles. The van der Waals surface area contributed by atoms with Crippen molar-refractivity contribution in [3.05, 3.63) is 59.5 Å². The molecule has 4 aliphatic rings. The summed E-state index contributed by atoms with van der Waals surface area (Å²) < 4.78 is 21.1. The van der Waals surface area contributed by atoms with E-state index < -0.39 is 5.82 Å². The van der Waals surface area contributed by atoms with Crippen LogP contribution in [0.3, 0.4) is 0 Å². The highest BCUT2D eigenvalue weighted by atomic mass is 19.1. The van der Waals surface area contributed by atoms with Gasteiger partial charge < -0.3 is 25.6 Å². The average Bonchev–Trinajstić information content (AvgIpc) is 3.87. The fourth-order valence-corrected chi connectivity index (χ4v) is 5.63. The molecule has 0 bridgehead atoms. The number of rotatable bonds is 7. The van der Waals surface area contributed by atoms with E-state index in [0.717, 1.165) is 74.3 Å². The fourth-order valence-electron chi connectivity index (χ4n) is 5.63. The number of carbonyl (C=O) groups excluding carboxylic acids is 1. The average molecular weight is 515 g/mol. The Balaban J connectivity index is 1.18. The summed E-state index contributed by atoms with van der Waals surface area (Å²) in [7, 11) is 2.02. The number of ether oxygens (including phenoxy) is 1. The number of piperidine rings is 1. The van der Waals surface area contributed by atoms with Gasteiger partial charge in [0, 0.05) is 35.9 Å². The first-order valence-corrected chi connectivity index (χ1v) is 13.5. The van der Waals surface area contributed by atoms with Gasteiger partial charge >= 0.3 is 0 Å². The van der Waals surface area contributed by atoms with Crippen LogP contribution >= 0.6 is 0 Å². The lowest BCUT2D eigenvalue weighted by Gasteiger charge is -2.33. The number of halogens is 1. The van der Waals surface area contributed by atoms with E-state index in [2.05, 4.69) is 43.0 Å². The van der Waals surface area contributed by atoms with Crippen molar-refractivity contribution in [2.24, 2.45) is 0 Å². The van der Waals surface area contributed by atoms with E-state index in [1.165, 1.54) is 6.20 Å². The van der Waals surface area contributed by atoms with Gasteiger partial charge in [-0.3, -0.25) is 4.79 Å². The van der Waals surface area contributed by atoms with E-state index in [9.17, 15) is 9.18 Å². The standard InChI is InChI=1S/C29H31FN6O2/c1-31-18-8-12-36(13-9-18)19-3-7-25(38-20-4-5-20)24(15-19)33-28-32-16-23(30)26(34-28)17-2-6-22-21(14-17)27(37)35-29(22)10-11-29/h2-3,6-7,14-16,18,20,31H,4-5,8-13H2,1H3,(H,35,37)(H,32,33,34). The van der Waals surface area contributed by atoms with Crippen LogP contribution in [0.5, 0.6) is 5.75 Å². The molecule has 1 spiro atoms. The van der Waals surface area contributed by atoms with Crippen molar-refractivity contribution in [2.75, 3.05) is 30.4 Å². The lowest BCUT2D eigenvalue weighted by molar-refractivity contribution is 0.0952. The van der Waals surface area contributed by atoms with Gasteiger partial charge in [0.15, 0.2) is 5.82 Å². The van der Waals surface area contributed by atoms with Gasteiger partial charge in [-0.15, -0.1) is 0 Å². The van der Waals surface area contributed by atoms with Gasteiger partial charge in [0.05, 0.1) is 23.5 Å². The quantitative estimate of drug-likeness (QED) is 0.428. The van der Waals surface area contributed by atoms with Crippen molar-refractivity contribution in [1.29, 1.82) is 0 Å². The second-order valence-electron chi connectivity index (χ2n) is 10.9. The van der Waals surface area contributed by atoms with Crippen LogP contribution in [0.15, 0.2) is 42.6 Å². The van der Waals surface area contributed by atoms with Crippen LogP contribution in [-0.4, -0.2) is 48.2 Å². The summed E-state index contributed by atoms with van der Waals surface area (Å²) in [4.78, 5) is 23.7. The Morgan fingerprint density at radius 2 is 1.92 bits per heavy atom. The third-order valence-corrected chi connectivity index (χ3v) is 8.20. The number of hydrogen-bond donors (Lipinski definition) is 3. The molecule has 2 saturated carbocycles. The van der Waals surface area contributed by atoms with E-state index in [1.54, 1.807) is 6.07 Å². The molecule has 3 N–H and O–H groups in total. The lowest BCUT2D eigenvalue weighted by atomic mass is 9.99. The summed E-state index contributed by atoms with van der Waals surface area (Å²) in [5.74, 6) is 0.367. The predicted molar refractivity (Wildman–Crippen MR) is 143 cm³/mol. The van der Waals surface area contributed by atoms with Crippen LogP contribution in [0.4, 0.5) is 21.7 Å². The minimum Gasteiger partial charge on any atom is -0.488 e. The van der Waals surface area contributed by atoms with Crippen LogP contribution in [0.1, 0.15) is 54.4 Å². The monoisotopic (exact) mass is 514 g/mol. The number of nitrogens with zero attached hydrogens (tertiary/aromatic N) is 3. The number of amides is 1. The van der Waals surface area contributed by atoms with Crippen molar-refractivity contribution >= 4 is 23.2 Å². The Hall–Kier alpha value is -3.72. The summed E-state index contributed by atoms with van der Waals surface area (Å²) in [6, 6.07) is 12.2. The number of fused-ring (bicyclic) bond motifs is 2. The topological polar surface area (TPSA) is 91.4 Å². The number of hydrogen-bond acceptors (Lipinski definition) is 7. The molecule has 7 rings (SSSR count). The van der Waals surface area contributed by atoms with Crippen LogP contribution in [0, 0.1) is 5.82 Å². The normalized spacial score (nSPS) is 19.8. The smallest absolute Gasteiger partial charge is 0.252 e. The maximum atomic E-state index is 14.9. The third kappa shape index (κ3) is 4.24. The molecule has 0 unspecified atom stereocenters. The number of aromatic nitrogens is 2. The Morgan fingerprint density at radius 1 is 1.11 bits per heavy atom. The molecule has 0 radical (unpaired) electrons. The van der Waals surface area contributed by atoms with Gasteiger partial charge in [-0.25, -0.2) is 14.4 Å². The van der Waals surface area contributed by atoms with Gasteiger partial charge in [-0.2, -0.15) is 0 Å². The molecule has 8 nitrogen and oxygen atoms in total. The SMILES string of the molecule is CNC1CCN(c2ccc(OC3CC3)c(Nc3ncc(F)c(-c4ccc5c(c4)C(=O)NC54CC4)n3)c2)CC1. The Morgan fingerprint density at radius 3 is 2.66 bits per heavy atom. The second kappa shape index (κ2) is 8.94. The number of anilines is 3. The van der Waals surface area contributed by atoms with E-state index in [4.69, 9.17) is 4.74 Å². The van der Waals surface area contributed by atoms with Crippen molar-refractivity contribution in [1.82, 2.24) is 20.6 Å². The summed E-state index contributed by atoms with van der Waals surface area (Å²) in [6.07, 6.45) is 7.55. The van der Waals surface area contributed by atoms with Crippen molar-refractivity contribution in [3.63, 3.8) is 0 Å². The Bertz CT molecular complexity index is 1410. The molecule has 3 aromatic rings.